The van der Waals surface area contributed by atoms with Crippen molar-refractivity contribution in [1.29, 1.82) is 0 Å². The lowest BCUT2D eigenvalue weighted by atomic mass is 9.54. The predicted molar refractivity (Wildman–Crippen MR) is 131 cm³/mol. The van der Waals surface area contributed by atoms with Crippen molar-refractivity contribution >= 4 is 30.4 Å². The fraction of sp³-hybridized carbons (Fsp3) is 0.615. The molecule has 4 nitrogen and oxygen atoms in total. The third-order valence-corrected chi connectivity index (χ3v) is 15.5. The highest BCUT2D eigenvalue weighted by molar-refractivity contribution is 8.09. The van der Waals surface area contributed by atoms with Gasteiger partial charge in [0.25, 0.3) is 5.41 Å². The van der Waals surface area contributed by atoms with Gasteiger partial charge in [0, 0.05) is 6.42 Å². The lowest BCUT2D eigenvalue weighted by Crippen LogP contribution is -2.64. The van der Waals surface area contributed by atoms with Crippen molar-refractivity contribution in [3.8, 4) is 0 Å². The minimum absolute atomic E-state index is 0.0162. The average molecular weight is 781 g/mol. The van der Waals surface area contributed by atoms with Crippen LogP contribution in [-0.2, 0) is 19.7 Å². The molecule has 4 aliphatic rings. The summed E-state index contributed by atoms with van der Waals surface area (Å²) in [6.45, 7) is 0. The topological polar surface area (TPSA) is 68.3 Å². The Morgan fingerprint density at radius 1 is 0.592 bits per heavy atom. The van der Waals surface area contributed by atoms with E-state index in [1.807, 2.05) is 0 Å². The minimum atomic E-state index is -7.71. The zero-order chi connectivity index (χ0) is 37.5. The van der Waals surface area contributed by atoms with Gasteiger partial charge in [0.2, 0.25) is 0 Å². The molecule has 4 fully saturated rings. The van der Waals surface area contributed by atoms with Gasteiger partial charge in [-0.1, -0.05) is 0 Å². The first kappa shape index (κ1) is 37.7. The smallest absolute Gasteiger partial charge is 0.244 e. The Hall–Kier alpha value is -2.59. The third kappa shape index (κ3) is 5.11. The van der Waals surface area contributed by atoms with Crippen LogP contribution in [0.25, 0.3) is 10.8 Å². The van der Waals surface area contributed by atoms with Gasteiger partial charge in [-0.05, 0) is 43.9 Å². The van der Waals surface area contributed by atoms with E-state index in [0.29, 0.717) is 0 Å². The predicted octanol–water partition coefficient (Wildman–Crippen LogP) is 8.38. The molecule has 0 saturated heterocycles. The molecule has 2 aromatic rings. The molecule has 49 heavy (non-hydrogen) atoms. The van der Waals surface area contributed by atoms with Gasteiger partial charge >= 0.3 is 18.5 Å². The van der Waals surface area contributed by atoms with Crippen molar-refractivity contribution in [2.75, 3.05) is 5.75 Å². The van der Waals surface area contributed by atoms with Gasteiger partial charge in [0.05, 0.1) is 26.8 Å². The number of rotatable bonds is 6. The van der Waals surface area contributed by atoms with E-state index in [1.54, 1.807) is 0 Å². The van der Waals surface area contributed by atoms with E-state index in [2.05, 4.69) is 0 Å². The van der Waals surface area contributed by atoms with E-state index in [0.717, 1.165) is 0 Å². The average Bonchev–Trinajstić information content (AvgIpc) is 2.89. The molecule has 3 atom stereocenters. The summed E-state index contributed by atoms with van der Waals surface area (Å²) in [5.41, 5.74) is -13.1. The molecule has 23 heteroatoms. The fourth-order valence-electron chi connectivity index (χ4n) is 7.97. The van der Waals surface area contributed by atoms with Crippen LogP contribution >= 0.6 is 0 Å². The second-order valence-corrected chi connectivity index (χ2v) is 17.6. The Morgan fingerprint density at radius 2 is 0.980 bits per heavy atom. The van der Waals surface area contributed by atoms with Crippen LogP contribution in [0.3, 0.4) is 0 Å². The summed E-state index contributed by atoms with van der Waals surface area (Å²) in [4.78, 5) is 0. The summed E-state index contributed by atoms with van der Waals surface area (Å²) in [7, 11) is -14.2. The molecule has 0 aromatic heterocycles. The molecule has 276 valence electrons. The van der Waals surface area contributed by atoms with E-state index in [1.165, 1.54) is 0 Å². The molecule has 4 saturated carbocycles. The van der Waals surface area contributed by atoms with Crippen molar-refractivity contribution < 1.29 is 91.5 Å². The van der Waals surface area contributed by atoms with Crippen molar-refractivity contribution in [1.82, 2.24) is 0 Å². The normalized spacial score (nSPS) is 27.3. The summed E-state index contributed by atoms with van der Waals surface area (Å²) in [5, 5.41) is -5.18. The fourth-order valence-corrected chi connectivity index (χ4v) is 14.5. The van der Waals surface area contributed by atoms with Crippen molar-refractivity contribution in [2.24, 2.45) is 17.3 Å². The Kier molecular flexibility index (Phi) is 8.24. The summed E-state index contributed by atoms with van der Waals surface area (Å²) in [6.07, 6.45) is -27.1. The van der Waals surface area contributed by atoms with Gasteiger partial charge in [-0.2, -0.15) is 39.5 Å². The van der Waals surface area contributed by atoms with E-state index >= 15 is 17.6 Å². The number of hydrogen-bond donors (Lipinski definition) is 0. The maximum atomic E-state index is 16.0. The van der Waals surface area contributed by atoms with Crippen LogP contribution in [0.15, 0.2) is 0 Å². The maximum Gasteiger partial charge on any atom is 0.413 e. The van der Waals surface area contributed by atoms with Gasteiger partial charge in [-0.3, -0.25) is 0 Å². The van der Waals surface area contributed by atoms with Gasteiger partial charge in [-0.15, -0.1) is 0 Å². The minimum Gasteiger partial charge on any atom is -0.244 e. The van der Waals surface area contributed by atoms with E-state index in [9.17, 15) is 73.9 Å². The van der Waals surface area contributed by atoms with Crippen molar-refractivity contribution in [2.45, 2.75) is 72.1 Å². The quantitative estimate of drug-likeness (QED) is 0.168. The molecule has 0 spiro atoms. The molecule has 6 rings (SSSR count). The molecule has 0 amide bonds. The first-order valence-corrected chi connectivity index (χ1v) is 16.8. The summed E-state index contributed by atoms with van der Waals surface area (Å²) in [6, 6.07) is 0. The molecule has 3 unspecified atom stereocenters. The van der Waals surface area contributed by atoms with Crippen LogP contribution in [0.5, 0.6) is 0 Å². The van der Waals surface area contributed by atoms with Gasteiger partial charge in [0.1, 0.15) is 11.5 Å². The van der Waals surface area contributed by atoms with Crippen LogP contribution in [0.1, 0.15) is 48.7 Å². The number of benzene rings is 2. The van der Waals surface area contributed by atoms with Crippen LogP contribution < -0.4 is 0 Å². The number of alkyl halides is 10. The van der Waals surface area contributed by atoms with Crippen LogP contribution in [0.4, 0.5) is 74.6 Å². The lowest BCUT2D eigenvalue weighted by Gasteiger charge is -2.58. The zero-order valence-corrected chi connectivity index (χ0v) is 25.2. The van der Waals surface area contributed by atoms with Crippen LogP contribution in [0, 0.1) is 58.0 Å². The molecule has 0 aliphatic heterocycles. The summed E-state index contributed by atoms with van der Waals surface area (Å²) >= 11 is 0. The van der Waals surface area contributed by atoms with E-state index in [-0.39, 0.29) is 6.42 Å². The molecule has 4 bridgehead atoms. The monoisotopic (exact) mass is 780 g/mol. The Bertz CT molecular complexity index is 1920. The molecule has 0 heterocycles. The largest absolute Gasteiger partial charge is 0.413 e. The molecule has 4 aliphatic carbocycles. The maximum absolute atomic E-state index is 16.0. The highest BCUT2D eigenvalue weighted by atomic mass is 32.3. The SMILES string of the molecule is O=S(=O)(CC(C(F)(F)F)(C(F)(F)F)C(F)(F)F)C(c1c(F)c(F)c2c(F)c(F)c(F)c(F)c2c1F)S(=O)(=O)C12CC3CC(CC(F)(C3)C1)C2. The van der Waals surface area contributed by atoms with E-state index in [4.69, 9.17) is 0 Å². The first-order valence-electron chi connectivity index (χ1n) is 13.6. The number of sulfone groups is 2. The zero-order valence-electron chi connectivity index (χ0n) is 23.6. The highest BCUT2D eigenvalue weighted by Crippen LogP contribution is 2.65. The van der Waals surface area contributed by atoms with Crippen LogP contribution in [-0.4, -0.2) is 51.5 Å². The molecule has 0 N–H and O–H groups in total. The van der Waals surface area contributed by atoms with Crippen LogP contribution in [0.2, 0.25) is 0 Å². The molecule has 0 radical (unpaired) electrons. The van der Waals surface area contributed by atoms with Gasteiger partial charge in [-0.25, -0.2) is 52.0 Å². The lowest BCUT2D eigenvalue weighted by molar-refractivity contribution is -0.418. The second kappa shape index (κ2) is 10.7. The number of hydrogen-bond acceptors (Lipinski definition) is 4. The van der Waals surface area contributed by atoms with Gasteiger partial charge in [0.15, 0.2) is 59.2 Å². The number of fused-ring (bicyclic) bond motifs is 1. The third-order valence-electron chi connectivity index (χ3n) is 9.62. The summed E-state index contributed by atoms with van der Waals surface area (Å²) in [5.74, 6) is -28.3. The Balaban J connectivity index is 1.92. The molecular formula is C26H17F17O4S2. The molecule has 2 aromatic carbocycles. The Morgan fingerprint density at radius 3 is 1.37 bits per heavy atom. The standard InChI is InChI=1S/C26H17F17O4S2/c27-13-10-11(16(30)19(33)18(32)15(10)29)14(28)17(31)12(13)20(48(44,45)7-23(24(35,36)37,25(38,39)40)26(41,42)43)49(46,47)22-4-8-1-9(5-22)3-21(34,2-8)6-22/h8-9,20H,1-7H2. The first-order chi connectivity index (χ1) is 21.9. The number of halogens is 17. The van der Waals surface area contributed by atoms with Gasteiger partial charge < -0.3 is 0 Å². The van der Waals surface area contributed by atoms with Crippen molar-refractivity contribution in [3.05, 3.63) is 46.3 Å². The van der Waals surface area contributed by atoms with Crippen molar-refractivity contribution in [3.63, 3.8) is 0 Å². The molecular weight excluding hydrogens is 763 g/mol. The summed E-state index contributed by atoms with van der Waals surface area (Å²) < 4.78 is 292. The van der Waals surface area contributed by atoms with E-state index < -0.39 is 165 Å². The second-order valence-electron chi connectivity index (χ2n) is 12.7. The highest BCUT2D eigenvalue weighted by Gasteiger charge is 2.85. The Labute approximate surface area is 263 Å².